The van der Waals surface area contributed by atoms with E-state index in [0.717, 1.165) is 36.3 Å². The van der Waals surface area contributed by atoms with Gasteiger partial charge in [0, 0.05) is 24.1 Å². The van der Waals surface area contributed by atoms with E-state index in [1.807, 2.05) is 44.3 Å². The fourth-order valence-corrected chi connectivity index (χ4v) is 3.19. The van der Waals surface area contributed by atoms with Crippen molar-refractivity contribution in [2.24, 2.45) is 0 Å². The van der Waals surface area contributed by atoms with Crippen LogP contribution in [0.1, 0.15) is 56.8 Å². The normalized spacial score (nSPS) is 16.1. The van der Waals surface area contributed by atoms with Crippen LogP contribution in [-0.4, -0.2) is 35.9 Å². The van der Waals surface area contributed by atoms with Gasteiger partial charge in [0.05, 0.1) is 12.7 Å². The fourth-order valence-electron chi connectivity index (χ4n) is 3.19. The van der Waals surface area contributed by atoms with Gasteiger partial charge in [-0.25, -0.2) is 0 Å². The highest BCUT2D eigenvalue weighted by Crippen LogP contribution is 2.36. The summed E-state index contributed by atoms with van der Waals surface area (Å²) in [6.07, 6.45) is 9.41. The van der Waals surface area contributed by atoms with E-state index >= 15 is 0 Å². The Hall–Kier alpha value is -2.34. The number of likely N-dealkylation sites (N-methyl/N-ethyl adjacent to an activating group) is 1. The molecule has 0 amide bonds. The third-order valence-corrected chi connectivity index (χ3v) is 4.77. The van der Waals surface area contributed by atoms with Crippen LogP contribution in [0.25, 0.3) is 12.2 Å². The maximum Gasteiger partial charge on any atom is 0.250 e. The maximum absolute atomic E-state index is 6.30. The number of nitrogens with one attached hydrogen (secondary N) is 1. The number of nitrogens with zero attached hydrogens (tertiary/aromatic N) is 2. The minimum absolute atomic E-state index is 0.261. The SMILES string of the molecule is CCOc1cccc(/C=C/c2nc(CC(C)NC)no2)c1OC1CCCC1. The zero-order chi connectivity index (χ0) is 19.1. The van der Waals surface area contributed by atoms with E-state index in [2.05, 4.69) is 22.4 Å². The minimum Gasteiger partial charge on any atom is -0.490 e. The molecule has 0 saturated heterocycles. The molecule has 2 aromatic rings. The predicted octanol–water partition coefficient (Wildman–Crippen LogP) is 4.11. The molecule has 1 N–H and O–H groups in total. The van der Waals surface area contributed by atoms with Crippen LogP contribution in [0, 0.1) is 0 Å². The highest BCUT2D eigenvalue weighted by Gasteiger charge is 2.20. The quantitative estimate of drug-likeness (QED) is 0.715. The van der Waals surface area contributed by atoms with Crippen LogP contribution in [0.5, 0.6) is 11.5 Å². The maximum atomic E-state index is 6.30. The number of hydrogen-bond donors (Lipinski definition) is 1. The lowest BCUT2D eigenvalue weighted by Crippen LogP contribution is -2.24. The first kappa shape index (κ1) is 19.4. The van der Waals surface area contributed by atoms with Crippen LogP contribution in [-0.2, 0) is 6.42 Å². The summed E-state index contributed by atoms with van der Waals surface area (Å²) < 4.78 is 17.4. The van der Waals surface area contributed by atoms with Gasteiger partial charge < -0.3 is 19.3 Å². The molecule has 1 saturated carbocycles. The number of rotatable bonds is 9. The fraction of sp³-hybridized carbons (Fsp3) is 0.524. The molecule has 1 aromatic carbocycles. The molecule has 27 heavy (non-hydrogen) atoms. The number of benzene rings is 1. The Balaban J connectivity index is 1.78. The molecule has 1 fully saturated rings. The van der Waals surface area contributed by atoms with E-state index in [1.165, 1.54) is 12.8 Å². The molecule has 0 aliphatic heterocycles. The summed E-state index contributed by atoms with van der Waals surface area (Å²) in [6.45, 7) is 4.66. The van der Waals surface area contributed by atoms with Crippen molar-refractivity contribution >= 4 is 12.2 Å². The first-order valence-electron chi connectivity index (χ1n) is 9.80. The monoisotopic (exact) mass is 371 g/mol. The summed E-state index contributed by atoms with van der Waals surface area (Å²) in [7, 11) is 1.92. The van der Waals surface area contributed by atoms with Gasteiger partial charge >= 0.3 is 0 Å². The molecule has 1 aromatic heterocycles. The van der Waals surface area contributed by atoms with Crippen LogP contribution in [0.3, 0.4) is 0 Å². The molecule has 1 aliphatic rings. The highest BCUT2D eigenvalue weighted by atomic mass is 16.5. The van der Waals surface area contributed by atoms with Gasteiger partial charge in [-0.2, -0.15) is 4.98 Å². The number of aromatic nitrogens is 2. The van der Waals surface area contributed by atoms with Crippen molar-refractivity contribution in [3.63, 3.8) is 0 Å². The van der Waals surface area contributed by atoms with Gasteiger partial charge in [0.1, 0.15) is 0 Å². The zero-order valence-corrected chi connectivity index (χ0v) is 16.4. The summed E-state index contributed by atoms with van der Waals surface area (Å²) in [4.78, 5) is 4.43. The Bertz CT molecular complexity index is 751. The largest absolute Gasteiger partial charge is 0.490 e. The molecule has 1 unspecified atom stereocenters. The molecule has 0 spiro atoms. The molecule has 6 heteroatoms. The number of ether oxygens (including phenoxy) is 2. The smallest absolute Gasteiger partial charge is 0.250 e. The van der Waals surface area contributed by atoms with E-state index in [1.54, 1.807) is 0 Å². The van der Waals surface area contributed by atoms with E-state index in [9.17, 15) is 0 Å². The van der Waals surface area contributed by atoms with Crippen LogP contribution in [0.15, 0.2) is 22.7 Å². The second-order valence-corrected chi connectivity index (χ2v) is 6.91. The van der Waals surface area contributed by atoms with Gasteiger partial charge in [-0.15, -0.1) is 0 Å². The summed E-state index contributed by atoms with van der Waals surface area (Å²) >= 11 is 0. The average molecular weight is 371 g/mol. The van der Waals surface area contributed by atoms with Crippen LogP contribution >= 0.6 is 0 Å². The van der Waals surface area contributed by atoms with Gasteiger partial charge in [-0.1, -0.05) is 17.3 Å². The van der Waals surface area contributed by atoms with Crippen LogP contribution in [0.4, 0.5) is 0 Å². The molecule has 6 nitrogen and oxygen atoms in total. The van der Waals surface area contributed by atoms with Gasteiger partial charge in [0.25, 0.3) is 5.89 Å². The summed E-state index contributed by atoms with van der Waals surface area (Å²) in [6, 6.07) is 6.24. The van der Waals surface area contributed by atoms with E-state index in [-0.39, 0.29) is 6.10 Å². The Kier molecular flexibility index (Phi) is 6.87. The predicted molar refractivity (Wildman–Crippen MR) is 106 cm³/mol. The lowest BCUT2D eigenvalue weighted by molar-refractivity contribution is 0.196. The van der Waals surface area contributed by atoms with Crippen molar-refractivity contribution in [1.82, 2.24) is 15.5 Å². The molecule has 1 aliphatic carbocycles. The van der Waals surface area contributed by atoms with E-state index in [0.29, 0.717) is 24.4 Å². The standard InChI is InChI=1S/C21H29N3O3/c1-4-25-18-11-7-8-16(21(18)26-17-9-5-6-10-17)12-13-20-23-19(24-27-20)14-15(2)22-3/h7-8,11-13,15,17,22H,4-6,9-10,14H2,1-3H3/b13-12+. The van der Waals surface area contributed by atoms with Crippen molar-refractivity contribution in [3.05, 3.63) is 35.5 Å². The van der Waals surface area contributed by atoms with Gasteiger partial charge in [0.15, 0.2) is 17.3 Å². The lowest BCUT2D eigenvalue weighted by atomic mass is 10.1. The number of para-hydroxylation sites is 1. The lowest BCUT2D eigenvalue weighted by Gasteiger charge is -2.18. The van der Waals surface area contributed by atoms with E-state index < -0.39 is 0 Å². The molecule has 1 atom stereocenters. The third-order valence-electron chi connectivity index (χ3n) is 4.77. The summed E-state index contributed by atoms with van der Waals surface area (Å²) in [5.41, 5.74) is 0.955. The second-order valence-electron chi connectivity index (χ2n) is 6.91. The Labute approximate surface area is 160 Å². The van der Waals surface area contributed by atoms with Crippen molar-refractivity contribution in [2.45, 2.75) is 58.1 Å². The molecular formula is C21H29N3O3. The highest BCUT2D eigenvalue weighted by molar-refractivity contribution is 5.72. The topological polar surface area (TPSA) is 69.4 Å². The molecule has 0 radical (unpaired) electrons. The molecule has 1 heterocycles. The summed E-state index contributed by atoms with van der Waals surface area (Å²) in [5, 5.41) is 7.21. The van der Waals surface area contributed by atoms with Crippen LogP contribution in [0.2, 0.25) is 0 Å². The molecular weight excluding hydrogens is 342 g/mol. The third kappa shape index (κ3) is 5.32. The Morgan fingerprint density at radius 1 is 1.30 bits per heavy atom. The molecule has 0 bridgehead atoms. The number of hydrogen-bond acceptors (Lipinski definition) is 6. The van der Waals surface area contributed by atoms with E-state index in [4.69, 9.17) is 14.0 Å². The van der Waals surface area contributed by atoms with Crippen LogP contribution < -0.4 is 14.8 Å². The average Bonchev–Trinajstić information content (AvgIpc) is 3.34. The minimum atomic E-state index is 0.261. The molecule has 146 valence electrons. The Morgan fingerprint density at radius 3 is 2.85 bits per heavy atom. The zero-order valence-electron chi connectivity index (χ0n) is 16.4. The molecule has 3 rings (SSSR count). The van der Waals surface area contributed by atoms with Crippen molar-refractivity contribution in [3.8, 4) is 11.5 Å². The second kappa shape index (κ2) is 9.55. The summed E-state index contributed by atoms with van der Waals surface area (Å²) in [5.74, 6) is 2.76. The van der Waals surface area contributed by atoms with Crippen molar-refractivity contribution in [2.75, 3.05) is 13.7 Å². The van der Waals surface area contributed by atoms with Gasteiger partial charge in [-0.3, -0.25) is 0 Å². The van der Waals surface area contributed by atoms with Gasteiger partial charge in [-0.05, 0) is 58.7 Å². The first-order valence-corrected chi connectivity index (χ1v) is 9.80. The first-order chi connectivity index (χ1) is 13.2. The van der Waals surface area contributed by atoms with Gasteiger partial charge in [0.2, 0.25) is 0 Å². The Morgan fingerprint density at radius 2 is 2.11 bits per heavy atom. The van der Waals surface area contributed by atoms with Crippen molar-refractivity contribution < 1.29 is 14.0 Å². The van der Waals surface area contributed by atoms with Crippen molar-refractivity contribution in [1.29, 1.82) is 0 Å².